The summed E-state index contributed by atoms with van der Waals surface area (Å²) >= 11 is 6.04. The van der Waals surface area contributed by atoms with E-state index in [0.29, 0.717) is 21.5 Å². The fourth-order valence-corrected chi connectivity index (χ4v) is 2.78. The van der Waals surface area contributed by atoms with Crippen LogP contribution < -0.4 is 5.73 Å². The van der Waals surface area contributed by atoms with Crippen molar-refractivity contribution in [1.82, 2.24) is 4.57 Å². The highest BCUT2D eigenvalue weighted by Crippen LogP contribution is 2.32. The molecule has 0 fully saturated rings. The van der Waals surface area contributed by atoms with E-state index in [1.807, 2.05) is 0 Å². The Morgan fingerprint density at radius 2 is 1.88 bits per heavy atom. The van der Waals surface area contributed by atoms with Gasteiger partial charge in [0.25, 0.3) is 0 Å². The van der Waals surface area contributed by atoms with Crippen molar-refractivity contribution in [3.05, 3.63) is 64.8 Å². The Morgan fingerprint density at radius 1 is 1.17 bits per heavy atom. The van der Waals surface area contributed by atoms with Gasteiger partial charge in [-0.15, -0.1) is 0 Å². The molecule has 2 N–H and O–H groups in total. The highest BCUT2D eigenvalue weighted by atomic mass is 35.5. The highest BCUT2D eigenvalue weighted by molar-refractivity contribution is 6.31. The third kappa shape index (κ3) is 2.63. The standard InChI is InChI=1S/C18H15ClN2O3/c1-2-24-18(23)21-14-10-12(19)8-9-13(14)15(20)16(21)17(22)11-6-4-3-5-7-11/h3-10H,2,20H2,1H3. The van der Waals surface area contributed by atoms with Gasteiger partial charge in [-0.3, -0.25) is 4.79 Å². The third-order valence-electron chi connectivity index (χ3n) is 3.67. The molecule has 1 heterocycles. The van der Waals surface area contributed by atoms with Crippen LogP contribution in [0.2, 0.25) is 5.02 Å². The van der Waals surface area contributed by atoms with E-state index >= 15 is 0 Å². The van der Waals surface area contributed by atoms with Crippen LogP contribution in [-0.2, 0) is 4.74 Å². The maximum atomic E-state index is 12.9. The molecule has 24 heavy (non-hydrogen) atoms. The first-order chi connectivity index (χ1) is 11.5. The molecule has 0 unspecified atom stereocenters. The summed E-state index contributed by atoms with van der Waals surface area (Å²) in [5, 5.41) is 1.01. The molecule has 0 saturated heterocycles. The summed E-state index contributed by atoms with van der Waals surface area (Å²) in [6, 6.07) is 13.6. The molecule has 0 radical (unpaired) electrons. The van der Waals surface area contributed by atoms with E-state index in [0.717, 1.165) is 0 Å². The van der Waals surface area contributed by atoms with E-state index in [4.69, 9.17) is 22.1 Å². The summed E-state index contributed by atoms with van der Waals surface area (Å²) in [5.74, 6) is -0.353. The van der Waals surface area contributed by atoms with Crippen molar-refractivity contribution >= 4 is 40.1 Å². The minimum absolute atomic E-state index is 0.0805. The summed E-state index contributed by atoms with van der Waals surface area (Å²) in [6.07, 6.45) is -0.666. The SMILES string of the molecule is CCOC(=O)n1c(C(=O)c2ccccc2)c(N)c2ccc(Cl)cc21. The number of aromatic nitrogens is 1. The normalized spacial score (nSPS) is 10.8. The average Bonchev–Trinajstić information content (AvgIpc) is 2.87. The van der Waals surface area contributed by atoms with Crippen LogP contribution in [0.5, 0.6) is 0 Å². The number of rotatable bonds is 3. The van der Waals surface area contributed by atoms with Crippen LogP contribution >= 0.6 is 11.6 Å². The molecule has 0 aliphatic carbocycles. The van der Waals surface area contributed by atoms with E-state index in [9.17, 15) is 9.59 Å². The number of halogens is 1. The topological polar surface area (TPSA) is 74.3 Å². The van der Waals surface area contributed by atoms with Crippen molar-refractivity contribution in [3.8, 4) is 0 Å². The smallest absolute Gasteiger partial charge is 0.419 e. The number of nitrogen functional groups attached to an aromatic ring is 1. The largest absolute Gasteiger partial charge is 0.449 e. The van der Waals surface area contributed by atoms with Crippen LogP contribution in [0.15, 0.2) is 48.5 Å². The molecule has 0 bridgehead atoms. The Morgan fingerprint density at radius 3 is 2.54 bits per heavy atom. The lowest BCUT2D eigenvalue weighted by Gasteiger charge is -2.09. The van der Waals surface area contributed by atoms with Gasteiger partial charge in [0.15, 0.2) is 0 Å². The second-order valence-electron chi connectivity index (χ2n) is 5.15. The fraction of sp³-hybridized carbons (Fsp3) is 0.111. The molecule has 0 atom stereocenters. The summed E-state index contributed by atoms with van der Waals surface area (Å²) in [7, 11) is 0. The number of carbonyl (C=O) groups is 2. The highest BCUT2D eigenvalue weighted by Gasteiger charge is 2.26. The monoisotopic (exact) mass is 342 g/mol. The number of hydrogen-bond acceptors (Lipinski definition) is 4. The van der Waals surface area contributed by atoms with Crippen LogP contribution in [0.1, 0.15) is 23.0 Å². The van der Waals surface area contributed by atoms with Gasteiger partial charge in [0, 0.05) is 16.0 Å². The van der Waals surface area contributed by atoms with Crippen molar-refractivity contribution in [3.63, 3.8) is 0 Å². The molecule has 3 rings (SSSR count). The summed E-state index contributed by atoms with van der Waals surface area (Å²) in [5.41, 5.74) is 7.35. The van der Waals surface area contributed by atoms with E-state index in [1.54, 1.807) is 55.5 Å². The fourth-order valence-electron chi connectivity index (χ4n) is 2.61. The molecule has 0 saturated carbocycles. The second kappa shape index (κ2) is 6.37. The second-order valence-corrected chi connectivity index (χ2v) is 5.59. The van der Waals surface area contributed by atoms with Gasteiger partial charge >= 0.3 is 6.09 Å². The summed E-state index contributed by atoms with van der Waals surface area (Å²) < 4.78 is 6.28. The van der Waals surface area contributed by atoms with Gasteiger partial charge in [-0.05, 0) is 25.1 Å². The molecule has 3 aromatic rings. The predicted molar refractivity (Wildman–Crippen MR) is 93.7 cm³/mol. The molecule has 0 aliphatic rings. The molecule has 6 heteroatoms. The molecule has 0 amide bonds. The molecule has 2 aromatic carbocycles. The van der Waals surface area contributed by atoms with Gasteiger partial charge < -0.3 is 10.5 Å². The number of hydrogen-bond donors (Lipinski definition) is 1. The molecule has 0 spiro atoms. The average molecular weight is 343 g/mol. The van der Waals surface area contributed by atoms with Gasteiger partial charge in [0.05, 0.1) is 17.8 Å². The van der Waals surface area contributed by atoms with Crippen LogP contribution in [0.3, 0.4) is 0 Å². The predicted octanol–water partition coefficient (Wildman–Crippen LogP) is 4.11. The van der Waals surface area contributed by atoms with Gasteiger partial charge in [0.2, 0.25) is 5.78 Å². The third-order valence-corrected chi connectivity index (χ3v) is 3.91. The number of carbonyl (C=O) groups excluding carboxylic acids is 2. The van der Waals surface area contributed by atoms with Crippen LogP contribution in [0, 0.1) is 0 Å². The Bertz CT molecular complexity index is 932. The zero-order chi connectivity index (χ0) is 17.3. The van der Waals surface area contributed by atoms with Crippen molar-refractivity contribution in [2.45, 2.75) is 6.92 Å². The Hall–Kier alpha value is -2.79. The number of ketones is 1. The molecule has 5 nitrogen and oxygen atoms in total. The number of fused-ring (bicyclic) bond motifs is 1. The molecule has 0 aliphatic heterocycles. The number of ether oxygens (including phenoxy) is 1. The summed E-state index contributed by atoms with van der Waals surface area (Å²) in [4.78, 5) is 25.3. The maximum absolute atomic E-state index is 12.9. The van der Waals surface area contributed by atoms with Gasteiger partial charge in [0.1, 0.15) is 5.69 Å². The minimum Gasteiger partial charge on any atom is -0.449 e. The minimum atomic E-state index is -0.666. The molecular formula is C18H15ClN2O3. The first kappa shape index (κ1) is 16.1. The zero-order valence-electron chi connectivity index (χ0n) is 13.0. The van der Waals surface area contributed by atoms with Crippen molar-refractivity contribution < 1.29 is 14.3 Å². The zero-order valence-corrected chi connectivity index (χ0v) is 13.7. The first-order valence-corrected chi connectivity index (χ1v) is 7.78. The molecular weight excluding hydrogens is 328 g/mol. The van der Waals surface area contributed by atoms with Crippen LogP contribution in [0.25, 0.3) is 10.9 Å². The lowest BCUT2D eigenvalue weighted by molar-refractivity contribution is 0.102. The van der Waals surface area contributed by atoms with E-state index < -0.39 is 6.09 Å². The Kier molecular flexibility index (Phi) is 4.27. The van der Waals surface area contributed by atoms with Crippen LogP contribution in [0.4, 0.5) is 10.5 Å². The first-order valence-electron chi connectivity index (χ1n) is 7.41. The lowest BCUT2D eigenvalue weighted by Crippen LogP contribution is -2.20. The Labute approximate surface area is 143 Å². The Balaban J connectivity index is 2.30. The van der Waals surface area contributed by atoms with E-state index in [2.05, 4.69) is 0 Å². The summed E-state index contributed by atoms with van der Waals surface area (Å²) in [6.45, 7) is 1.87. The van der Waals surface area contributed by atoms with E-state index in [1.165, 1.54) is 4.57 Å². The number of benzene rings is 2. The quantitative estimate of drug-likeness (QED) is 0.727. The van der Waals surface area contributed by atoms with Gasteiger partial charge in [-0.2, -0.15) is 0 Å². The van der Waals surface area contributed by atoms with Gasteiger partial charge in [-0.25, -0.2) is 9.36 Å². The van der Waals surface area contributed by atoms with Crippen molar-refractivity contribution in [2.75, 3.05) is 12.3 Å². The molecule has 1 aromatic heterocycles. The van der Waals surface area contributed by atoms with E-state index in [-0.39, 0.29) is 23.8 Å². The maximum Gasteiger partial charge on any atom is 0.419 e. The lowest BCUT2D eigenvalue weighted by atomic mass is 10.1. The van der Waals surface area contributed by atoms with Crippen molar-refractivity contribution in [1.29, 1.82) is 0 Å². The number of anilines is 1. The molecule has 122 valence electrons. The van der Waals surface area contributed by atoms with Gasteiger partial charge in [-0.1, -0.05) is 41.9 Å². The van der Waals surface area contributed by atoms with Crippen LogP contribution in [-0.4, -0.2) is 23.1 Å². The van der Waals surface area contributed by atoms with Crippen molar-refractivity contribution in [2.24, 2.45) is 0 Å². The number of nitrogens with two attached hydrogens (primary N) is 1. The number of nitrogens with zero attached hydrogens (tertiary/aromatic N) is 1.